The summed E-state index contributed by atoms with van der Waals surface area (Å²) >= 11 is 6.40. The van der Waals surface area contributed by atoms with Gasteiger partial charge in [0.2, 0.25) is 0 Å². The van der Waals surface area contributed by atoms with E-state index in [1.807, 2.05) is 66.7 Å². The quantitative estimate of drug-likeness (QED) is 0.254. The van der Waals surface area contributed by atoms with Crippen molar-refractivity contribution in [2.24, 2.45) is 0 Å². The zero-order chi connectivity index (χ0) is 26.3. The molecule has 4 rings (SSSR count). The van der Waals surface area contributed by atoms with E-state index in [1.165, 1.54) is 27.4 Å². The molecule has 8 heteroatoms. The van der Waals surface area contributed by atoms with Gasteiger partial charge in [0.25, 0.3) is 15.9 Å². The van der Waals surface area contributed by atoms with Gasteiger partial charge in [0, 0.05) is 12.6 Å². The molecule has 0 aliphatic rings. The van der Waals surface area contributed by atoms with Crippen molar-refractivity contribution in [3.63, 3.8) is 0 Å². The summed E-state index contributed by atoms with van der Waals surface area (Å²) in [7, 11) is -2.47. The number of anilines is 1. The SMILES string of the molecule is CN(CCOc1ccccc1)C(=O)c1ccc(Cl)c(S(=O)(=O)N(Cc2ccccc2)c2ccccc2)c1. The molecule has 0 N–H and O–H groups in total. The van der Waals surface area contributed by atoms with Gasteiger partial charge in [-0.2, -0.15) is 0 Å². The fraction of sp³-hybridized carbons (Fsp3) is 0.138. The Hall–Kier alpha value is -3.81. The van der Waals surface area contributed by atoms with Gasteiger partial charge in [0.05, 0.1) is 23.8 Å². The molecule has 4 aromatic carbocycles. The molecule has 6 nitrogen and oxygen atoms in total. The van der Waals surface area contributed by atoms with Crippen LogP contribution in [0.5, 0.6) is 5.75 Å². The lowest BCUT2D eigenvalue weighted by atomic mass is 10.2. The fourth-order valence-electron chi connectivity index (χ4n) is 3.75. The number of hydrogen-bond acceptors (Lipinski definition) is 4. The van der Waals surface area contributed by atoms with Gasteiger partial charge in [-0.1, -0.05) is 78.3 Å². The summed E-state index contributed by atoms with van der Waals surface area (Å²) in [6, 6.07) is 31.8. The molecule has 1 amide bonds. The zero-order valence-electron chi connectivity index (χ0n) is 20.3. The number of halogens is 1. The first kappa shape index (κ1) is 26.3. The number of nitrogens with zero attached hydrogens (tertiary/aromatic N) is 2. The molecule has 0 atom stereocenters. The third-order valence-corrected chi connectivity index (χ3v) is 8.00. The number of rotatable bonds is 10. The van der Waals surface area contributed by atoms with E-state index in [4.69, 9.17) is 16.3 Å². The Labute approximate surface area is 222 Å². The van der Waals surface area contributed by atoms with Crippen LogP contribution in [0.4, 0.5) is 5.69 Å². The molecule has 0 fully saturated rings. The Morgan fingerprint density at radius 2 is 1.43 bits per heavy atom. The van der Waals surface area contributed by atoms with Crippen LogP contribution in [0, 0.1) is 0 Å². The minimum atomic E-state index is -4.11. The molecule has 0 aliphatic carbocycles. The lowest BCUT2D eigenvalue weighted by Gasteiger charge is -2.25. The van der Waals surface area contributed by atoms with Crippen molar-refractivity contribution in [1.29, 1.82) is 0 Å². The van der Waals surface area contributed by atoms with Gasteiger partial charge in [-0.25, -0.2) is 8.42 Å². The highest BCUT2D eigenvalue weighted by Crippen LogP contribution is 2.31. The van der Waals surface area contributed by atoms with Crippen LogP contribution in [-0.4, -0.2) is 39.4 Å². The molecular weight excluding hydrogens is 508 g/mol. The maximum atomic E-state index is 13.9. The molecule has 0 heterocycles. The summed E-state index contributed by atoms with van der Waals surface area (Å²) in [5.74, 6) is 0.377. The minimum absolute atomic E-state index is 0.0422. The molecule has 0 saturated heterocycles. The van der Waals surface area contributed by atoms with Crippen LogP contribution in [-0.2, 0) is 16.6 Å². The van der Waals surface area contributed by atoms with Crippen LogP contribution in [0.2, 0.25) is 5.02 Å². The van der Waals surface area contributed by atoms with E-state index in [1.54, 1.807) is 31.3 Å². The van der Waals surface area contributed by atoms with E-state index >= 15 is 0 Å². The third-order valence-electron chi connectivity index (χ3n) is 5.74. The lowest BCUT2D eigenvalue weighted by Crippen LogP contribution is -2.32. The van der Waals surface area contributed by atoms with E-state index < -0.39 is 10.0 Å². The molecule has 0 aliphatic heterocycles. The maximum Gasteiger partial charge on any atom is 0.266 e. The second-order valence-electron chi connectivity index (χ2n) is 8.37. The van der Waals surface area contributed by atoms with Crippen LogP contribution >= 0.6 is 11.6 Å². The third kappa shape index (κ3) is 6.50. The first-order valence-electron chi connectivity index (χ1n) is 11.7. The topological polar surface area (TPSA) is 66.9 Å². The smallest absolute Gasteiger partial charge is 0.266 e. The number of likely N-dealkylation sites (N-methyl/N-ethyl adjacent to an activating group) is 1. The average molecular weight is 535 g/mol. The minimum Gasteiger partial charge on any atom is -0.492 e. The van der Waals surface area contributed by atoms with Crippen LogP contribution < -0.4 is 9.04 Å². The van der Waals surface area contributed by atoms with Gasteiger partial charge >= 0.3 is 0 Å². The Bertz CT molecular complexity index is 1430. The van der Waals surface area contributed by atoms with Gasteiger partial charge in [0.1, 0.15) is 17.3 Å². The first-order chi connectivity index (χ1) is 17.9. The molecule has 37 heavy (non-hydrogen) atoms. The van der Waals surface area contributed by atoms with E-state index in [-0.39, 0.29) is 27.9 Å². The van der Waals surface area contributed by atoms with Crippen molar-refractivity contribution in [3.05, 3.63) is 125 Å². The van der Waals surface area contributed by atoms with E-state index in [0.29, 0.717) is 24.6 Å². The normalized spacial score (nSPS) is 11.1. The largest absolute Gasteiger partial charge is 0.492 e. The van der Waals surface area contributed by atoms with Crippen LogP contribution in [0.3, 0.4) is 0 Å². The summed E-state index contributed by atoms with van der Waals surface area (Å²) < 4.78 is 34.8. The predicted molar refractivity (Wildman–Crippen MR) is 147 cm³/mol. The highest BCUT2D eigenvalue weighted by atomic mass is 35.5. The molecule has 0 radical (unpaired) electrons. The highest BCUT2D eigenvalue weighted by Gasteiger charge is 2.29. The number of carbonyl (C=O) groups is 1. The van der Waals surface area contributed by atoms with Crippen molar-refractivity contribution >= 4 is 33.2 Å². The Balaban J connectivity index is 1.59. The molecule has 0 unspecified atom stereocenters. The number of ether oxygens (including phenoxy) is 1. The van der Waals surface area contributed by atoms with Crippen molar-refractivity contribution in [1.82, 2.24) is 4.90 Å². The average Bonchev–Trinajstić information content (AvgIpc) is 2.93. The molecule has 190 valence electrons. The molecule has 0 aromatic heterocycles. The van der Waals surface area contributed by atoms with Crippen molar-refractivity contribution in [3.8, 4) is 5.75 Å². The van der Waals surface area contributed by atoms with Gasteiger partial charge < -0.3 is 9.64 Å². The summed E-state index contributed by atoms with van der Waals surface area (Å²) in [6.45, 7) is 0.727. The maximum absolute atomic E-state index is 13.9. The number of sulfonamides is 1. The Morgan fingerprint density at radius 1 is 0.838 bits per heavy atom. The van der Waals surface area contributed by atoms with E-state index in [0.717, 1.165) is 5.56 Å². The van der Waals surface area contributed by atoms with Gasteiger partial charge in [-0.15, -0.1) is 0 Å². The van der Waals surface area contributed by atoms with Crippen LogP contribution in [0.25, 0.3) is 0 Å². The number of hydrogen-bond donors (Lipinski definition) is 0. The molecule has 0 saturated carbocycles. The zero-order valence-corrected chi connectivity index (χ0v) is 21.9. The van der Waals surface area contributed by atoms with Gasteiger partial charge in [-0.05, 0) is 48.0 Å². The number of carbonyl (C=O) groups excluding carboxylic acids is 1. The molecular formula is C29H27ClN2O4S. The number of para-hydroxylation sites is 2. The second kappa shape index (κ2) is 12.0. The first-order valence-corrected chi connectivity index (χ1v) is 13.5. The second-order valence-corrected chi connectivity index (χ2v) is 10.6. The van der Waals surface area contributed by atoms with Crippen LogP contribution in [0.15, 0.2) is 114 Å². The number of amides is 1. The fourth-order valence-corrected chi connectivity index (χ4v) is 5.71. The Kier molecular flexibility index (Phi) is 8.48. The molecule has 0 spiro atoms. The molecule has 4 aromatic rings. The van der Waals surface area contributed by atoms with Crippen LogP contribution in [0.1, 0.15) is 15.9 Å². The monoisotopic (exact) mass is 534 g/mol. The van der Waals surface area contributed by atoms with Gasteiger partial charge in [0.15, 0.2) is 0 Å². The summed E-state index contributed by atoms with van der Waals surface area (Å²) in [5, 5.41) is 0.0422. The Morgan fingerprint density at radius 3 is 2.08 bits per heavy atom. The van der Waals surface area contributed by atoms with Gasteiger partial charge in [-0.3, -0.25) is 9.10 Å². The molecule has 0 bridgehead atoms. The lowest BCUT2D eigenvalue weighted by molar-refractivity contribution is 0.0773. The number of benzene rings is 4. The standard InChI is InChI=1S/C29H27ClN2O4S/c1-31(19-20-36-26-15-9-4-10-16-26)29(33)24-17-18-27(30)28(21-24)37(34,35)32(25-13-7-3-8-14-25)22-23-11-5-2-6-12-23/h2-18,21H,19-20,22H2,1H3. The van der Waals surface area contributed by atoms with E-state index in [2.05, 4.69) is 0 Å². The van der Waals surface area contributed by atoms with Crippen molar-refractivity contribution < 1.29 is 17.9 Å². The summed E-state index contributed by atoms with van der Waals surface area (Å²) in [5.41, 5.74) is 1.53. The highest BCUT2D eigenvalue weighted by molar-refractivity contribution is 7.93. The van der Waals surface area contributed by atoms with Crippen molar-refractivity contribution in [2.45, 2.75) is 11.4 Å². The van der Waals surface area contributed by atoms with E-state index in [9.17, 15) is 13.2 Å². The predicted octanol–water partition coefficient (Wildman–Crippen LogP) is 5.89. The summed E-state index contributed by atoms with van der Waals surface area (Å²) in [6.07, 6.45) is 0. The summed E-state index contributed by atoms with van der Waals surface area (Å²) in [4.78, 5) is 14.5. The van der Waals surface area contributed by atoms with Crippen molar-refractivity contribution in [2.75, 3.05) is 24.5 Å².